The van der Waals surface area contributed by atoms with Gasteiger partial charge in [0.2, 0.25) is 0 Å². The lowest BCUT2D eigenvalue weighted by atomic mass is 10.2. The Morgan fingerprint density at radius 1 is 1.43 bits per heavy atom. The summed E-state index contributed by atoms with van der Waals surface area (Å²) in [4.78, 5) is 15.0. The fourth-order valence-electron chi connectivity index (χ4n) is 1.68. The number of carbonyl (C=O) groups is 1. The van der Waals surface area contributed by atoms with Crippen LogP contribution in [0.15, 0.2) is 17.5 Å². The van der Waals surface area contributed by atoms with E-state index in [9.17, 15) is 4.79 Å². The fourth-order valence-corrected chi connectivity index (χ4v) is 4.00. The van der Waals surface area contributed by atoms with E-state index in [4.69, 9.17) is 28.9 Å². The van der Waals surface area contributed by atoms with Gasteiger partial charge in [0, 0.05) is 22.9 Å². The Morgan fingerprint density at radius 2 is 2.19 bits per heavy atom. The predicted octanol–water partition coefficient (Wildman–Crippen LogP) is 3.70. The molecule has 2 aromatic heterocycles. The second-order valence-electron chi connectivity index (χ2n) is 4.21. The first-order valence-electron chi connectivity index (χ1n) is 5.98. The van der Waals surface area contributed by atoms with Crippen molar-refractivity contribution in [1.82, 2.24) is 4.90 Å². The van der Waals surface area contributed by atoms with Gasteiger partial charge in [-0.25, -0.2) is 0 Å². The molecule has 21 heavy (non-hydrogen) atoms. The molecule has 2 rings (SSSR count). The highest BCUT2D eigenvalue weighted by molar-refractivity contribution is 7.20. The van der Waals surface area contributed by atoms with Crippen LogP contribution in [0.1, 0.15) is 20.8 Å². The van der Waals surface area contributed by atoms with Crippen LogP contribution in [0.5, 0.6) is 0 Å². The van der Waals surface area contributed by atoms with Crippen LogP contribution in [0.3, 0.4) is 0 Å². The fraction of sp³-hybridized carbons (Fsp3) is 0.214. The summed E-state index contributed by atoms with van der Waals surface area (Å²) < 4.78 is 0.921. The lowest BCUT2D eigenvalue weighted by Crippen LogP contribution is -2.25. The smallest absolute Gasteiger partial charge is 0.256 e. The average molecular weight is 359 g/mol. The van der Waals surface area contributed by atoms with E-state index < -0.39 is 0 Å². The van der Waals surface area contributed by atoms with Crippen LogP contribution in [-0.2, 0) is 6.54 Å². The third-order valence-electron chi connectivity index (χ3n) is 2.62. The molecule has 0 spiro atoms. The van der Waals surface area contributed by atoms with Gasteiger partial charge in [-0.2, -0.15) is 0 Å². The van der Waals surface area contributed by atoms with Crippen LogP contribution in [0.2, 0.25) is 8.67 Å². The molecular weight excluding hydrogens is 347 g/mol. The van der Waals surface area contributed by atoms with E-state index in [0.29, 0.717) is 27.3 Å². The molecule has 1 amide bonds. The molecule has 0 aliphatic rings. The molecule has 0 fully saturated rings. The molecule has 0 aromatic carbocycles. The van der Waals surface area contributed by atoms with Crippen LogP contribution in [0.25, 0.3) is 0 Å². The van der Waals surface area contributed by atoms with Crippen LogP contribution >= 0.6 is 45.9 Å². The summed E-state index contributed by atoms with van der Waals surface area (Å²) >= 11 is 14.6. The van der Waals surface area contributed by atoms with Gasteiger partial charge in [0.1, 0.15) is 4.34 Å². The maximum Gasteiger partial charge on any atom is 0.256 e. The third-order valence-corrected chi connectivity index (χ3v) is 5.02. The highest BCUT2D eigenvalue weighted by Gasteiger charge is 2.18. The van der Waals surface area contributed by atoms with Crippen molar-refractivity contribution in [3.8, 4) is 11.8 Å². The summed E-state index contributed by atoms with van der Waals surface area (Å²) in [6.45, 7) is 0.832. The number of carbonyl (C=O) groups excluding carboxylic acids is 1. The maximum absolute atomic E-state index is 12.3. The normalized spacial score (nSPS) is 10.1. The molecule has 2 aromatic rings. The molecule has 110 valence electrons. The Kier molecular flexibility index (Phi) is 5.68. The SMILES string of the molecule is CN(Cc1cc(C#CCN)cs1)C(=O)c1cc(Cl)sc1Cl. The summed E-state index contributed by atoms with van der Waals surface area (Å²) in [7, 11) is 1.73. The van der Waals surface area contributed by atoms with Gasteiger partial charge >= 0.3 is 0 Å². The molecule has 7 heteroatoms. The Labute approximate surface area is 141 Å². The summed E-state index contributed by atoms with van der Waals surface area (Å²) in [6.07, 6.45) is 0. The second kappa shape index (κ2) is 7.30. The molecule has 3 nitrogen and oxygen atoms in total. The number of amides is 1. The van der Waals surface area contributed by atoms with Gasteiger partial charge in [-0.05, 0) is 12.1 Å². The molecule has 0 radical (unpaired) electrons. The topological polar surface area (TPSA) is 46.3 Å². The molecule has 0 bridgehead atoms. The van der Waals surface area contributed by atoms with E-state index in [2.05, 4.69) is 11.8 Å². The van der Waals surface area contributed by atoms with E-state index in [1.807, 2.05) is 11.4 Å². The van der Waals surface area contributed by atoms with Crippen molar-refractivity contribution in [1.29, 1.82) is 0 Å². The largest absolute Gasteiger partial charge is 0.336 e. The Hall–Kier alpha value is -1.03. The van der Waals surface area contributed by atoms with Crippen molar-refractivity contribution >= 4 is 51.8 Å². The molecule has 2 N–H and O–H groups in total. The van der Waals surface area contributed by atoms with Crippen molar-refractivity contribution in [3.63, 3.8) is 0 Å². The van der Waals surface area contributed by atoms with Gasteiger partial charge in [-0.1, -0.05) is 35.0 Å². The minimum absolute atomic E-state index is 0.147. The Balaban J connectivity index is 2.07. The van der Waals surface area contributed by atoms with E-state index in [1.54, 1.807) is 29.4 Å². The quantitative estimate of drug-likeness (QED) is 0.850. The lowest BCUT2D eigenvalue weighted by Gasteiger charge is -2.15. The van der Waals surface area contributed by atoms with Crippen molar-refractivity contribution in [2.75, 3.05) is 13.6 Å². The van der Waals surface area contributed by atoms with E-state index in [1.165, 1.54) is 11.3 Å². The van der Waals surface area contributed by atoms with Crippen LogP contribution < -0.4 is 5.73 Å². The number of halogens is 2. The first-order chi connectivity index (χ1) is 10.0. The molecule has 0 aliphatic carbocycles. The summed E-state index contributed by atoms with van der Waals surface area (Å²) in [5.74, 6) is 5.62. The average Bonchev–Trinajstić information content (AvgIpc) is 3.02. The highest BCUT2D eigenvalue weighted by Crippen LogP contribution is 2.32. The van der Waals surface area contributed by atoms with Gasteiger partial charge in [-0.15, -0.1) is 22.7 Å². The van der Waals surface area contributed by atoms with Crippen molar-refractivity contribution in [2.45, 2.75) is 6.54 Å². The molecule has 0 atom stereocenters. The van der Waals surface area contributed by atoms with Crippen molar-refractivity contribution in [2.24, 2.45) is 5.73 Å². The first kappa shape index (κ1) is 16.3. The zero-order valence-electron chi connectivity index (χ0n) is 11.2. The molecule has 0 aliphatic heterocycles. The minimum Gasteiger partial charge on any atom is -0.336 e. The summed E-state index contributed by atoms with van der Waals surface area (Å²) in [5.41, 5.74) is 6.69. The lowest BCUT2D eigenvalue weighted by molar-refractivity contribution is 0.0787. The van der Waals surface area contributed by atoms with Gasteiger partial charge in [0.15, 0.2) is 0 Å². The van der Waals surface area contributed by atoms with Crippen LogP contribution in [0, 0.1) is 11.8 Å². The summed E-state index contributed by atoms with van der Waals surface area (Å²) in [5, 5.41) is 1.95. The highest BCUT2D eigenvalue weighted by atomic mass is 35.5. The van der Waals surface area contributed by atoms with E-state index in [-0.39, 0.29) is 5.91 Å². The van der Waals surface area contributed by atoms with Gasteiger partial charge in [0.05, 0.1) is 23.0 Å². The summed E-state index contributed by atoms with van der Waals surface area (Å²) in [6, 6.07) is 3.55. The van der Waals surface area contributed by atoms with Crippen LogP contribution in [0.4, 0.5) is 0 Å². The van der Waals surface area contributed by atoms with E-state index in [0.717, 1.165) is 10.4 Å². The molecule has 0 saturated heterocycles. The number of rotatable bonds is 3. The van der Waals surface area contributed by atoms with Crippen molar-refractivity contribution < 1.29 is 4.79 Å². The van der Waals surface area contributed by atoms with Crippen molar-refractivity contribution in [3.05, 3.63) is 42.2 Å². The van der Waals surface area contributed by atoms with Crippen LogP contribution in [-0.4, -0.2) is 24.4 Å². The standard InChI is InChI=1S/C14H12Cl2N2OS2/c1-18(14(19)11-6-12(15)21-13(11)16)7-10-5-9(8-20-10)3-2-4-17/h5-6,8H,4,7,17H2,1H3. The Bertz CT molecular complexity index is 712. The number of hydrogen-bond donors (Lipinski definition) is 1. The number of hydrogen-bond acceptors (Lipinski definition) is 4. The molecule has 0 unspecified atom stereocenters. The zero-order chi connectivity index (χ0) is 15.4. The minimum atomic E-state index is -0.147. The predicted molar refractivity (Wildman–Crippen MR) is 90.4 cm³/mol. The molecule has 2 heterocycles. The maximum atomic E-state index is 12.3. The monoisotopic (exact) mass is 358 g/mol. The first-order valence-corrected chi connectivity index (χ1v) is 8.43. The van der Waals surface area contributed by atoms with Gasteiger partial charge < -0.3 is 10.6 Å². The number of thiophene rings is 2. The van der Waals surface area contributed by atoms with E-state index >= 15 is 0 Å². The third kappa shape index (κ3) is 4.22. The second-order valence-corrected chi connectivity index (χ2v) is 7.49. The molecule has 0 saturated carbocycles. The molecular formula is C14H12Cl2N2OS2. The number of nitrogens with zero attached hydrogens (tertiary/aromatic N) is 1. The van der Waals surface area contributed by atoms with Gasteiger partial charge in [0.25, 0.3) is 5.91 Å². The van der Waals surface area contributed by atoms with Gasteiger partial charge in [-0.3, -0.25) is 4.79 Å². The zero-order valence-corrected chi connectivity index (χ0v) is 14.3. The number of nitrogens with two attached hydrogens (primary N) is 1. The Morgan fingerprint density at radius 3 is 2.81 bits per heavy atom.